The van der Waals surface area contributed by atoms with Crippen LogP contribution in [0, 0.1) is 0 Å². The molecule has 3 heteroatoms. The van der Waals surface area contributed by atoms with Crippen LogP contribution in [0.3, 0.4) is 0 Å². The topological polar surface area (TPSA) is 38.7 Å². The molecule has 1 heterocycles. The number of ether oxygens (including phenoxy) is 2. The Kier molecular flexibility index (Phi) is 3.00. The Balaban J connectivity index is 2.06. The van der Waals surface area contributed by atoms with Crippen molar-refractivity contribution >= 4 is 0 Å². The molecule has 0 bridgehead atoms. The maximum absolute atomic E-state index is 9.57. The lowest BCUT2D eigenvalue weighted by Gasteiger charge is -2.14. The van der Waals surface area contributed by atoms with Gasteiger partial charge in [0.15, 0.2) is 6.29 Å². The van der Waals surface area contributed by atoms with Crippen LogP contribution in [0.5, 0.6) is 5.75 Å². The van der Waals surface area contributed by atoms with Crippen molar-refractivity contribution in [1.82, 2.24) is 0 Å². The molecule has 2 aromatic rings. The van der Waals surface area contributed by atoms with E-state index in [9.17, 15) is 5.11 Å². The number of aromatic hydroxyl groups is 1. The first-order valence-electron chi connectivity index (χ1n) is 5.96. The van der Waals surface area contributed by atoms with Crippen LogP contribution >= 0.6 is 0 Å². The molecule has 92 valence electrons. The summed E-state index contributed by atoms with van der Waals surface area (Å²) in [6, 6.07) is 15.1. The summed E-state index contributed by atoms with van der Waals surface area (Å²) < 4.78 is 11.1. The van der Waals surface area contributed by atoms with Gasteiger partial charge in [-0.1, -0.05) is 36.4 Å². The first kappa shape index (κ1) is 11.3. The van der Waals surface area contributed by atoms with Crippen LogP contribution < -0.4 is 0 Å². The molecule has 0 aromatic heterocycles. The Morgan fingerprint density at radius 3 is 2.50 bits per heavy atom. The van der Waals surface area contributed by atoms with Crippen LogP contribution in [0.25, 0.3) is 11.1 Å². The van der Waals surface area contributed by atoms with E-state index in [0.29, 0.717) is 13.2 Å². The van der Waals surface area contributed by atoms with Gasteiger partial charge in [0.1, 0.15) is 5.75 Å². The predicted octanol–water partition coefficient (Wildman–Crippen LogP) is 3.10. The number of phenolic OH excluding ortho intramolecular Hbond substituents is 1. The summed E-state index contributed by atoms with van der Waals surface area (Å²) in [6.07, 6.45) is -0.302. The molecule has 0 aliphatic carbocycles. The van der Waals surface area contributed by atoms with E-state index in [4.69, 9.17) is 9.47 Å². The second-order valence-corrected chi connectivity index (χ2v) is 4.21. The molecule has 0 spiro atoms. The zero-order chi connectivity index (χ0) is 12.4. The molecule has 0 saturated carbocycles. The van der Waals surface area contributed by atoms with E-state index in [0.717, 1.165) is 16.7 Å². The molecule has 3 nitrogen and oxygen atoms in total. The minimum atomic E-state index is -0.302. The van der Waals surface area contributed by atoms with Crippen LogP contribution in [0.1, 0.15) is 11.9 Å². The third-order valence-electron chi connectivity index (χ3n) is 2.99. The number of rotatable bonds is 2. The summed E-state index contributed by atoms with van der Waals surface area (Å²) in [5, 5.41) is 9.57. The number of hydrogen-bond acceptors (Lipinski definition) is 3. The zero-order valence-electron chi connectivity index (χ0n) is 9.87. The fraction of sp³-hybridized carbons (Fsp3) is 0.200. The predicted molar refractivity (Wildman–Crippen MR) is 68.2 cm³/mol. The Morgan fingerprint density at radius 1 is 0.944 bits per heavy atom. The third kappa shape index (κ3) is 2.10. The van der Waals surface area contributed by atoms with E-state index in [1.165, 1.54) is 0 Å². The summed E-state index contributed by atoms with van der Waals surface area (Å²) in [5.74, 6) is 0.260. The standard InChI is InChI=1S/C15H14O3/c16-12-5-3-4-11(10-12)13-6-1-2-7-14(13)15-17-8-9-18-15/h1-7,10,15-16H,8-9H2. The molecule has 18 heavy (non-hydrogen) atoms. The first-order valence-corrected chi connectivity index (χ1v) is 5.96. The minimum Gasteiger partial charge on any atom is -0.508 e. The monoisotopic (exact) mass is 242 g/mol. The van der Waals surface area contributed by atoms with E-state index in [1.807, 2.05) is 36.4 Å². The van der Waals surface area contributed by atoms with E-state index in [-0.39, 0.29) is 12.0 Å². The molecule has 0 atom stereocenters. The smallest absolute Gasteiger partial charge is 0.184 e. The van der Waals surface area contributed by atoms with Crippen LogP contribution in [0.2, 0.25) is 0 Å². The van der Waals surface area contributed by atoms with Gasteiger partial charge in [-0.2, -0.15) is 0 Å². The summed E-state index contributed by atoms with van der Waals surface area (Å²) >= 11 is 0. The van der Waals surface area contributed by atoms with Gasteiger partial charge >= 0.3 is 0 Å². The van der Waals surface area contributed by atoms with Crippen molar-refractivity contribution in [1.29, 1.82) is 0 Å². The summed E-state index contributed by atoms with van der Waals surface area (Å²) in [7, 11) is 0. The molecule has 0 unspecified atom stereocenters. The Bertz CT molecular complexity index is 545. The van der Waals surface area contributed by atoms with E-state index >= 15 is 0 Å². The van der Waals surface area contributed by atoms with Crippen molar-refractivity contribution in [3.8, 4) is 16.9 Å². The highest BCUT2D eigenvalue weighted by atomic mass is 16.7. The normalized spacial score (nSPS) is 16.0. The second-order valence-electron chi connectivity index (χ2n) is 4.21. The van der Waals surface area contributed by atoms with Gasteiger partial charge < -0.3 is 14.6 Å². The highest BCUT2D eigenvalue weighted by Crippen LogP contribution is 2.33. The fourth-order valence-electron chi connectivity index (χ4n) is 2.18. The van der Waals surface area contributed by atoms with Gasteiger partial charge in [0.25, 0.3) is 0 Å². The lowest BCUT2D eigenvalue weighted by Crippen LogP contribution is -2.00. The SMILES string of the molecule is Oc1cccc(-c2ccccc2C2OCCO2)c1. The molecule has 0 radical (unpaired) electrons. The van der Waals surface area contributed by atoms with Crippen LogP contribution in [0.15, 0.2) is 48.5 Å². The van der Waals surface area contributed by atoms with Gasteiger partial charge in [-0.25, -0.2) is 0 Å². The highest BCUT2D eigenvalue weighted by molar-refractivity contribution is 5.68. The van der Waals surface area contributed by atoms with Gasteiger partial charge in [-0.3, -0.25) is 0 Å². The maximum atomic E-state index is 9.57. The van der Waals surface area contributed by atoms with Crippen molar-refractivity contribution < 1.29 is 14.6 Å². The summed E-state index contributed by atoms with van der Waals surface area (Å²) in [4.78, 5) is 0. The van der Waals surface area contributed by atoms with Gasteiger partial charge in [-0.15, -0.1) is 0 Å². The lowest BCUT2D eigenvalue weighted by atomic mass is 9.99. The van der Waals surface area contributed by atoms with Crippen molar-refractivity contribution in [2.24, 2.45) is 0 Å². The Morgan fingerprint density at radius 2 is 1.72 bits per heavy atom. The molecule has 1 saturated heterocycles. The average molecular weight is 242 g/mol. The van der Waals surface area contributed by atoms with Crippen LogP contribution in [-0.4, -0.2) is 18.3 Å². The number of benzene rings is 2. The molecular weight excluding hydrogens is 228 g/mol. The molecule has 1 N–H and O–H groups in total. The molecule has 1 aliphatic rings. The van der Waals surface area contributed by atoms with Crippen LogP contribution in [0.4, 0.5) is 0 Å². The zero-order valence-corrected chi connectivity index (χ0v) is 9.87. The third-order valence-corrected chi connectivity index (χ3v) is 2.99. The Hall–Kier alpha value is -1.84. The summed E-state index contributed by atoms with van der Waals surface area (Å²) in [6.45, 7) is 1.25. The van der Waals surface area contributed by atoms with Gasteiger partial charge in [0.05, 0.1) is 13.2 Å². The highest BCUT2D eigenvalue weighted by Gasteiger charge is 2.21. The van der Waals surface area contributed by atoms with Gasteiger partial charge in [-0.05, 0) is 23.3 Å². The van der Waals surface area contributed by atoms with E-state index < -0.39 is 0 Å². The van der Waals surface area contributed by atoms with Gasteiger partial charge in [0, 0.05) is 5.56 Å². The second kappa shape index (κ2) is 4.80. The first-order chi connectivity index (χ1) is 8.84. The van der Waals surface area contributed by atoms with E-state index in [1.54, 1.807) is 12.1 Å². The largest absolute Gasteiger partial charge is 0.508 e. The van der Waals surface area contributed by atoms with Crippen molar-refractivity contribution in [2.75, 3.05) is 13.2 Å². The van der Waals surface area contributed by atoms with Gasteiger partial charge in [0.2, 0.25) is 0 Å². The van der Waals surface area contributed by atoms with Crippen molar-refractivity contribution in [2.45, 2.75) is 6.29 Å². The van der Waals surface area contributed by atoms with Crippen molar-refractivity contribution in [3.05, 3.63) is 54.1 Å². The quantitative estimate of drug-likeness (QED) is 0.879. The molecule has 2 aromatic carbocycles. The maximum Gasteiger partial charge on any atom is 0.184 e. The number of hydrogen-bond donors (Lipinski definition) is 1. The molecule has 0 amide bonds. The van der Waals surface area contributed by atoms with E-state index in [2.05, 4.69) is 0 Å². The Labute approximate surface area is 106 Å². The lowest BCUT2D eigenvalue weighted by molar-refractivity contribution is -0.0436. The fourth-order valence-corrected chi connectivity index (χ4v) is 2.18. The van der Waals surface area contributed by atoms with Crippen LogP contribution in [-0.2, 0) is 9.47 Å². The molecule has 3 rings (SSSR count). The number of phenols is 1. The average Bonchev–Trinajstić information content (AvgIpc) is 2.92. The molecule has 1 fully saturated rings. The minimum absolute atomic E-state index is 0.260. The summed E-state index contributed by atoms with van der Waals surface area (Å²) in [5.41, 5.74) is 2.99. The molecular formula is C15H14O3. The molecule has 1 aliphatic heterocycles. The van der Waals surface area contributed by atoms with Crippen molar-refractivity contribution in [3.63, 3.8) is 0 Å².